The molecule has 1 aromatic rings. The van der Waals surface area contributed by atoms with E-state index in [2.05, 4.69) is 4.99 Å². The number of ketones is 1. The Balaban J connectivity index is 2.04. The summed E-state index contributed by atoms with van der Waals surface area (Å²) in [5.74, 6) is 0.635. The highest BCUT2D eigenvalue weighted by Gasteiger charge is 2.13. The van der Waals surface area contributed by atoms with Gasteiger partial charge < -0.3 is 4.74 Å². The lowest BCUT2D eigenvalue weighted by atomic mass is 10.1. The zero-order valence-corrected chi connectivity index (χ0v) is 8.69. The van der Waals surface area contributed by atoms with Gasteiger partial charge in [0.05, 0.1) is 13.0 Å². The van der Waals surface area contributed by atoms with Crippen LogP contribution in [-0.2, 0) is 4.74 Å². The Morgan fingerprint density at radius 3 is 2.73 bits per heavy atom. The van der Waals surface area contributed by atoms with Crippen molar-refractivity contribution in [1.82, 2.24) is 0 Å². The van der Waals surface area contributed by atoms with E-state index in [1.54, 1.807) is 0 Å². The molecule has 0 radical (unpaired) electrons. The van der Waals surface area contributed by atoms with E-state index in [1.807, 2.05) is 31.2 Å². The van der Waals surface area contributed by atoms with Crippen LogP contribution < -0.4 is 0 Å². The Morgan fingerprint density at radius 1 is 1.40 bits per heavy atom. The minimum atomic E-state index is 0.0654. The number of nitrogens with zero attached hydrogens (tertiary/aromatic N) is 1. The summed E-state index contributed by atoms with van der Waals surface area (Å²) in [5.41, 5.74) is 1.87. The number of benzene rings is 1. The second kappa shape index (κ2) is 4.26. The normalized spacial score (nSPS) is 14.6. The Bertz CT molecular complexity index is 393. The molecule has 0 atom stereocenters. The molecule has 0 bridgehead atoms. The SMILES string of the molecule is Cc1ccc(C(=O)CC2=NCCO2)cc1. The number of carbonyl (C=O) groups is 1. The van der Waals surface area contributed by atoms with Crippen molar-refractivity contribution in [3.63, 3.8) is 0 Å². The Hall–Kier alpha value is -1.64. The molecule has 0 fully saturated rings. The molecule has 0 unspecified atom stereocenters. The molecule has 0 saturated heterocycles. The number of Topliss-reactive ketones (excluding diaryl/α,β-unsaturated/α-hetero) is 1. The molecule has 3 heteroatoms. The minimum Gasteiger partial charge on any atom is -0.479 e. The van der Waals surface area contributed by atoms with Gasteiger partial charge in [0.1, 0.15) is 6.61 Å². The van der Waals surface area contributed by atoms with Gasteiger partial charge in [-0.2, -0.15) is 0 Å². The molecule has 1 aliphatic heterocycles. The molecule has 2 rings (SSSR count). The highest BCUT2D eigenvalue weighted by Crippen LogP contribution is 2.08. The maximum absolute atomic E-state index is 11.8. The molecular weight excluding hydrogens is 190 g/mol. The van der Waals surface area contributed by atoms with Crippen LogP contribution in [0.25, 0.3) is 0 Å². The molecule has 15 heavy (non-hydrogen) atoms. The number of carbonyl (C=O) groups excluding carboxylic acids is 1. The Labute approximate surface area is 88.8 Å². The minimum absolute atomic E-state index is 0.0654. The zero-order chi connectivity index (χ0) is 10.7. The Kier molecular flexibility index (Phi) is 2.81. The van der Waals surface area contributed by atoms with Crippen molar-refractivity contribution in [2.75, 3.05) is 13.2 Å². The summed E-state index contributed by atoms with van der Waals surface area (Å²) >= 11 is 0. The van der Waals surface area contributed by atoms with Crippen LogP contribution in [0.2, 0.25) is 0 Å². The van der Waals surface area contributed by atoms with E-state index in [4.69, 9.17) is 4.74 Å². The highest BCUT2D eigenvalue weighted by atomic mass is 16.5. The maximum Gasteiger partial charge on any atom is 0.191 e. The lowest BCUT2D eigenvalue weighted by Crippen LogP contribution is -2.08. The summed E-state index contributed by atoms with van der Waals surface area (Å²) in [6, 6.07) is 7.55. The first kappa shape index (κ1) is 9.90. The van der Waals surface area contributed by atoms with Crippen LogP contribution in [0.1, 0.15) is 22.3 Å². The molecule has 1 heterocycles. The van der Waals surface area contributed by atoms with E-state index in [0.717, 1.165) is 11.1 Å². The highest BCUT2D eigenvalue weighted by molar-refractivity contribution is 6.07. The first-order valence-electron chi connectivity index (χ1n) is 5.02. The smallest absolute Gasteiger partial charge is 0.191 e. The van der Waals surface area contributed by atoms with Gasteiger partial charge in [0, 0.05) is 5.56 Å². The molecule has 3 nitrogen and oxygen atoms in total. The van der Waals surface area contributed by atoms with Crippen LogP contribution in [0.3, 0.4) is 0 Å². The summed E-state index contributed by atoms with van der Waals surface area (Å²) in [4.78, 5) is 15.8. The quantitative estimate of drug-likeness (QED) is 0.705. The average Bonchev–Trinajstić information content (AvgIpc) is 2.71. The van der Waals surface area contributed by atoms with Crippen molar-refractivity contribution in [1.29, 1.82) is 0 Å². The third kappa shape index (κ3) is 2.43. The third-order valence-electron chi connectivity index (χ3n) is 2.33. The van der Waals surface area contributed by atoms with Crippen LogP contribution in [-0.4, -0.2) is 24.8 Å². The molecule has 78 valence electrons. The van der Waals surface area contributed by atoms with Crippen LogP contribution in [0.4, 0.5) is 0 Å². The largest absolute Gasteiger partial charge is 0.479 e. The second-order valence-corrected chi connectivity index (χ2v) is 3.59. The van der Waals surface area contributed by atoms with Crippen LogP contribution in [0.15, 0.2) is 29.3 Å². The van der Waals surface area contributed by atoms with Gasteiger partial charge in [-0.15, -0.1) is 0 Å². The number of hydrogen-bond acceptors (Lipinski definition) is 3. The van der Waals surface area contributed by atoms with Gasteiger partial charge in [0.15, 0.2) is 11.7 Å². The van der Waals surface area contributed by atoms with E-state index < -0.39 is 0 Å². The molecule has 0 saturated carbocycles. The van der Waals surface area contributed by atoms with Gasteiger partial charge in [-0.1, -0.05) is 29.8 Å². The van der Waals surface area contributed by atoms with Crippen molar-refractivity contribution in [3.8, 4) is 0 Å². The molecule has 0 N–H and O–H groups in total. The second-order valence-electron chi connectivity index (χ2n) is 3.59. The molecule has 1 aliphatic rings. The fourth-order valence-corrected chi connectivity index (χ4v) is 1.47. The molecule has 0 spiro atoms. The predicted octanol–water partition coefficient (Wildman–Crippen LogP) is 2.00. The number of rotatable bonds is 3. The van der Waals surface area contributed by atoms with E-state index in [0.29, 0.717) is 19.0 Å². The fourth-order valence-electron chi connectivity index (χ4n) is 1.47. The van der Waals surface area contributed by atoms with Crippen molar-refractivity contribution < 1.29 is 9.53 Å². The average molecular weight is 203 g/mol. The summed E-state index contributed by atoms with van der Waals surface area (Å²) in [6.45, 7) is 3.28. The lowest BCUT2D eigenvalue weighted by molar-refractivity contribution is 0.0994. The number of ether oxygens (including phenoxy) is 1. The van der Waals surface area contributed by atoms with Crippen molar-refractivity contribution in [2.45, 2.75) is 13.3 Å². The van der Waals surface area contributed by atoms with Gasteiger partial charge in [-0.05, 0) is 6.92 Å². The fraction of sp³-hybridized carbons (Fsp3) is 0.333. The van der Waals surface area contributed by atoms with E-state index in [-0.39, 0.29) is 12.2 Å². The van der Waals surface area contributed by atoms with E-state index >= 15 is 0 Å². The predicted molar refractivity (Wildman–Crippen MR) is 58.4 cm³/mol. The van der Waals surface area contributed by atoms with E-state index in [1.165, 1.54) is 0 Å². The van der Waals surface area contributed by atoms with Crippen LogP contribution in [0, 0.1) is 6.92 Å². The maximum atomic E-state index is 11.8. The van der Waals surface area contributed by atoms with Gasteiger partial charge >= 0.3 is 0 Å². The molecule has 0 amide bonds. The third-order valence-corrected chi connectivity index (χ3v) is 2.33. The first-order chi connectivity index (χ1) is 7.25. The van der Waals surface area contributed by atoms with Crippen molar-refractivity contribution in [2.24, 2.45) is 4.99 Å². The zero-order valence-electron chi connectivity index (χ0n) is 8.69. The monoisotopic (exact) mass is 203 g/mol. The summed E-state index contributed by atoms with van der Waals surface area (Å²) in [5, 5.41) is 0. The van der Waals surface area contributed by atoms with Gasteiger partial charge in [-0.3, -0.25) is 9.79 Å². The summed E-state index contributed by atoms with van der Waals surface area (Å²) < 4.78 is 5.20. The first-order valence-corrected chi connectivity index (χ1v) is 5.02. The van der Waals surface area contributed by atoms with Gasteiger partial charge in [0.25, 0.3) is 0 Å². The van der Waals surface area contributed by atoms with Crippen molar-refractivity contribution >= 4 is 11.7 Å². The molecule has 0 aliphatic carbocycles. The van der Waals surface area contributed by atoms with Crippen LogP contribution in [0.5, 0.6) is 0 Å². The van der Waals surface area contributed by atoms with Crippen LogP contribution >= 0.6 is 0 Å². The topological polar surface area (TPSA) is 38.7 Å². The number of aryl methyl sites for hydroxylation is 1. The molecule has 1 aromatic carbocycles. The summed E-state index contributed by atoms with van der Waals surface area (Å²) in [7, 11) is 0. The van der Waals surface area contributed by atoms with Gasteiger partial charge in [0.2, 0.25) is 0 Å². The number of aliphatic imine (C=N–C) groups is 1. The Morgan fingerprint density at radius 2 is 2.13 bits per heavy atom. The molecule has 0 aromatic heterocycles. The summed E-state index contributed by atoms with van der Waals surface area (Å²) in [6.07, 6.45) is 0.281. The number of hydrogen-bond donors (Lipinski definition) is 0. The lowest BCUT2D eigenvalue weighted by Gasteiger charge is -2.01. The molecular formula is C12H13NO2. The van der Waals surface area contributed by atoms with Crippen molar-refractivity contribution in [3.05, 3.63) is 35.4 Å². The van der Waals surface area contributed by atoms with Gasteiger partial charge in [-0.25, -0.2) is 0 Å². The van der Waals surface area contributed by atoms with E-state index in [9.17, 15) is 4.79 Å². The standard InChI is InChI=1S/C12H13NO2/c1-9-2-4-10(5-3-9)11(14)8-12-13-6-7-15-12/h2-5H,6-8H2,1H3.